The third-order valence-electron chi connectivity index (χ3n) is 4.92. The first-order valence-electron chi connectivity index (χ1n) is 9.10. The lowest BCUT2D eigenvalue weighted by Gasteiger charge is -2.30. The fourth-order valence-electron chi connectivity index (χ4n) is 3.27. The molecule has 3 rings (SSSR count). The quantitative estimate of drug-likeness (QED) is 0.769. The lowest BCUT2D eigenvalue weighted by Crippen LogP contribution is -2.42. The maximum absolute atomic E-state index is 12.7. The molecule has 7 nitrogen and oxygen atoms in total. The molecule has 0 aliphatic carbocycles. The summed E-state index contributed by atoms with van der Waals surface area (Å²) in [6.07, 6.45) is 0.966. The van der Waals surface area contributed by atoms with Crippen molar-refractivity contribution in [3.05, 3.63) is 54.1 Å². The lowest BCUT2D eigenvalue weighted by molar-refractivity contribution is -0.126. The predicted molar refractivity (Wildman–Crippen MR) is 104 cm³/mol. The molecule has 0 atom stereocenters. The first kappa shape index (κ1) is 20.2. The summed E-state index contributed by atoms with van der Waals surface area (Å²) in [5.41, 5.74) is 0.812. The number of sulfonamides is 1. The van der Waals surface area contributed by atoms with Crippen LogP contribution >= 0.6 is 0 Å². The average molecular weight is 404 g/mol. The molecule has 0 unspecified atom stereocenters. The van der Waals surface area contributed by atoms with Gasteiger partial charge in [0.05, 0.1) is 12.0 Å². The molecule has 1 aliphatic heterocycles. The highest BCUT2D eigenvalue weighted by atomic mass is 32.2. The molecule has 0 radical (unpaired) electrons. The summed E-state index contributed by atoms with van der Waals surface area (Å²) in [7, 11) is -2.05. The van der Waals surface area contributed by atoms with E-state index in [9.17, 15) is 18.3 Å². The van der Waals surface area contributed by atoms with Crippen molar-refractivity contribution in [1.29, 1.82) is 0 Å². The maximum atomic E-state index is 12.7. The van der Waals surface area contributed by atoms with E-state index in [1.807, 2.05) is 0 Å². The standard InChI is InChI=1S/C20H24N2O5S/c1-27-19-13-15(7-8-18(19)23)14-21-20(24)16-9-11-22(12-10-16)28(25,26)17-5-3-2-4-6-17/h2-8,13,16,23H,9-12,14H2,1H3,(H,21,24). The van der Waals surface area contributed by atoms with Crippen LogP contribution in [0, 0.1) is 5.92 Å². The molecule has 0 bridgehead atoms. The number of hydrogen-bond acceptors (Lipinski definition) is 5. The molecule has 1 saturated heterocycles. The van der Waals surface area contributed by atoms with Crippen LogP contribution in [0.3, 0.4) is 0 Å². The Hall–Kier alpha value is -2.58. The van der Waals surface area contributed by atoms with Gasteiger partial charge in [0, 0.05) is 25.6 Å². The summed E-state index contributed by atoms with van der Waals surface area (Å²) >= 11 is 0. The zero-order chi connectivity index (χ0) is 20.1. The van der Waals surface area contributed by atoms with E-state index in [2.05, 4.69) is 5.32 Å². The Morgan fingerprint density at radius 1 is 1.18 bits per heavy atom. The number of nitrogens with zero attached hydrogens (tertiary/aromatic N) is 1. The van der Waals surface area contributed by atoms with Crippen molar-refractivity contribution in [2.75, 3.05) is 20.2 Å². The van der Waals surface area contributed by atoms with Crippen LogP contribution < -0.4 is 10.1 Å². The monoisotopic (exact) mass is 404 g/mol. The van der Waals surface area contributed by atoms with E-state index < -0.39 is 10.0 Å². The zero-order valence-corrected chi connectivity index (χ0v) is 16.5. The van der Waals surface area contributed by atoms with Gasteiger partial charge in [0.1, 0.15) is 0 Å². The number of carbonyl (C=O) groups is 1. The predicted octanol–water partition coefficient (Wildman–Crippen LogP) is 2.12. The summed E-state index contributed by atoms with van der Waals surface area (Å²) in [5.74, 6) is 0.0841. The van der Waals surface area contributed by atoms with Crippen LogP contribution in [0.5, 0.6) is 11.5 Å². The van der Waals surface area contributed by atoms with E-state index in [1.165, 1.54) is 17.5 Å². The van der Waals surface area contributed by atoms with Gasteiger partial charge in [-0.15, -0.1) is 0 Å². The number of carbonyl (C=O) groups excluding carboxylic acids is 1. The molecule has 2 N–H and O–H groups in total. The summed E-state index contributed by atoms with van der Waals surface area (Å²) < 4.78 is 31.8. The molecular weight excluding hydrogens is 380 g/mol. The molecule has 2 aromatic carbocycles. The van der Waals surface area contributed by atoms with Crippen LogP contribution in [0.25, 0.3) is 0 Å². The van der Waals surface area contributed by atoms with Gasteiger partial charge in [-0.05, 0) is 42.7 Å². The molecule has 0 spiro atoms. The largest absolute Gasteiger partial charge is 0.504 e. The second kappa shape index (κ2) is 8.62. The minimum absolute atomic E-state index is 0.0459. The molecule has 0 aromatic heterocycles. The van der Waals surface area contributed by atoms with E-state index >= 15 is 0 Å². The minimum atomic E-state index is -3.51. The van der Waals surface area contributed by atoms with Gasteiger partial charge in [0.2, 0.25) is 15.9 Å². The van der Waals surface area contributed by atoms with Gasteiger partial charge in [0.15, 0.2) is 11.5 Å². The first-order chi connectivity index (χ1) is 13.4. The highest BCUT2D eigenvalue weighted by Crippen LogP contribution is 2.27. The number of phenolic OH excluding ortho intramolecular Hbond substituents is 1. The van der Waals surface area contributed by atoms with Crippen LogP contribution in [0.4, 0.5) is 0 Å². The number of rotatable bonds is 6. The van der Waals surface area contributed by atoms with Crippen LogP contribution in [0.1, 0.15) is 18.4 Å². The third-order valence-corrected chi connectivity index (χ3v) is 6.83. The molecule has 8 heteroatoms. The van der Waals surface area contributed by atoms with Crippen molar-refractivity contribution >= 4 is 15.9 Å². The second-order valence-electron chi connectivity index (χ2n) is 6.72. The van der Waals surface area contributed by atoms with Crippen molar-refractivity contribution in [3.63, 3.8) is 0 Å². The molecule has 1 amide bonds. The van der Waals surface area contributed by atoms with Crippen LogP contribution in [0.2, 0.25) is 0 Å². The van der Waals surface area contributed by atoms with Crippen molar-refractivity contribution < 1.29 is 23.1 Å². The highest BCUT2D eigenvalue weighted by molar-refractivity contribution is 7.89. The number of phenols is 1. The maximum Gasteiger partial charge on any atom is 0.243 e. The Morgan fingerprint density at radius 2 is 1.86 bits per heavy atom. The lowest BCUT2D eigenvalue weighted by atomic mass is 9.97. The summed E-state index contributed by atoms with van der Waals surface area (Å²) in [6.45, 7) is 0.961. The Kier molecular flexibility index (Phi) is 6.21. The zero-order valence-electron chi connectivity index (χ0n) is 15.7. The van der Waals surface area contributed by atoms with Gasteiger partial charge in [-0.1, -0.05) is 24.3 Å². The number of aromatic hydroxyl groups is 1. The van der Waals surface area contributed by atoms with E-state index in [1.54, 1.807) is 42.5 Å². The smallest absolute Gasteiger partial charge is 0.243 e. The van der Waals surface area contributed by atoms with Crippen molar-refractivity contribution in [3.8, 4) is 11.5 Å². The fourth-order valence-corrected chi connectivity index (χ4v) is 4.76. The number of methoxy groups -OCH3 is 1. The highest BCUT2D eigenvalue weighted by Gasteiger charge is 2.31. The van der Waals surface area contributed by atoms with Crippen molar-refractivity contribution in [1.82, 2.24) is 9.62 Å². The molecular formula is C20H24N2O5S. The number of benzene rings is 2. The molecule has 1 aliphatic rings. The fraction of sp³-hybridized carbons (Fsp3) is 0.350. The third kappa shape index (κ3) is 4.45. The van der Waals surface area contributed by atoms with E-state index in [0.29, 0.717) is 38.2 Å². The SMILES string of the molecule is COc1cc(CNC(=O)C2CCN(S(=O)(=O)c3ccccc3)CC2)ccc1O. The molecule has 1 fully saturated rings. The molecule has 1 heterocycles. The number of amides is 1. The summed E-state index contributed by atoms with van der Waals surface area (Å²) in [4.78, 5) is 12.7. The van der Waals surface area contributed by atoms with Gasteiger partial charge in [-0.2, -0.15) is 4.31 Å². The number of hydrogen-bond donors (Lipinski definition) is 2. The Balaban J connectivity index is 1.54. The molecule has 0 saturated carbocycles. The Morgan fingerprint density at radius 3 is 2.50 bits per heavy atom. The van der Waals surface area contributed by atoms with Gasteiger partial charge in [0.25, 0.3) is 0 Å². The summed E-state index contributed by atoms with van der Waals surface area (Å²) in [6, 6.07) is 13.3. The van der Waals surface area contributed by atoms with Gasteiger partial charge < -0.3 is 15.2 Å². The van der Waals surface area contributed by atoms with Crippen LogP contribution in [-0.2, 0) is 21.4 Å². The summed E-state index contributed by atoms with van der Waals surface area (Å²) in [5, 5.41) is 12.5. The number of piperidine rings is 1. The number of nitrogens with one attached hydrogen (secondary N) is 1. The van der Waals surface area contributed by atoms with Gasteiger partial charge in [-0.3, -0.25) is 4.79 Å². The molecule has 150 valence electrons. The van der Waals surface area contributed by atoms with E-state index in [4.69, 9.17) is 4.74 Å². The Bertz CT molecular complexity index is 923. The van der Waals surface area contributed by atoms with E-state index in [-0.39, 0.29) is 22.5 Å². The van der Waals surface area contributed by atoms with Gasteiger partial charge >= 0.3 is 0 Å². The van der Waals surface area contributed by atoms with E-state index in [0.717, 1.165) is 5.56 Å². The average Bonchev–Trinajstić information content (AvgIpc) is 2.73. The number of ether oxygens (including phenoxy) is 1. The van der Waals surface area contributed by atoms with Crippen molar-refractivity contribution in [2.24, 2.45) is 5.92 Å². The molecule has 28 heavy (non-hydrogen) atoms. The molecule has 2 aromatic rings. The first-order valence-corrected chi connectivity index (χ1v) is 10.5. The van der Waals surface area contributed by atoms with Crippen LogP contribution in [0.15, 0.2) is 53.4 Å². The van der Waals surface area contributed by atoms with Gasteiger partial charge in [-0.25, -0.2) is 8.42 Å². The topological polar surface area (TPSA) is 95.9 Å². The normalized spacial score (nSPS) is 15.9. The van der Waals surface area contributed by atoms with Crippen molar-refractivity contribution in [2.45, 2.75) is 24.3 Å². The Labute approximate surface area is 165 Å². The minimum Gasteiger partial charge on any atom is -0.504 e. The van der Waals surface area contributed by atoms with Crippen LogP contribution in [-0.4, -0.2) is 43.9 Å². The second-order valence-corrected chi connectivity index (χ2v) is 8.65.